The quantitative estimate of drug-likeness (QED) is 0.228. The van der Waals surface area contributed by atoms with Crippen molar-refractivity contribution in [3.8, 4) is 5.75 Å². The summed E-state index contributed by atoms with van der Waals surface area (Å²) in [7, 11) is 11.6. The van der Waals surface area contributed by atoms with Gasteiger partial charge in [0.1, 0.15) is 0 Å². The normalized spacial score (nSPS) is 20.8. The molecule has 3 fully saturated rings. The van der Waals surface area contributed by atoms with Gasteiger partial charge in [0.25, 0.3) is 0 Å². The van der Waals surface area contributed by atoms with Gasteiger partial charge in [-0.15, -0.1) is 0 Å². The van der Waals surface area contributed by atoms with E-state index in [2.05, 4.69) is 0 Å². The van der Waals surface area contributed by atoms with Crippen LogP contribution in [0.15, 0.2) is 24.3 Å². The first-order chi connectivity index (χ1) is 16.0. The van der Waals surface area contributed by atoms with Crippen LogP contribution in [0, 0.1) is 0 Å². The molecular formula is C29H50Cl2OPRu+. The third-order valence-electron chi connectivity index (χ3n) is 7.70. The van der Waals surface area contributed by atoms with Gasteiger partial charge < -0.3 is 0 Å². The summed E-state index contributed by atoms with van der Waals surface area (Å²) >= 11 is -1.77. The minimum atomic E-state index is -1.77. The fourth-order valence-corrected chi connectivity index (χ4v) is 13.3. The number of halogens is 2. The van der Waals surface area contributed by atoms with Crippen LogP contribution in [0.5, 0.6) is 5.75 Å². The van der Waals surface area contributed by atoms with E-state index in [-0.39, 0.29) is 21.5 Å². The summed E-state index contributed by atoms with van der Waals surface area (Å²) in [5.74, 6) is 0.850. The van der Waals surface area contributed by atoms with Crippen molar-refractivity contribution in [3.05, 3.63) is 29.8 Å². The summed E-state index contributed by atoms with van der Waals surface area (Å²) in [6.45, 7) is 3.99. The molecule has 0 spiro atoms. The maximum atomic E-state index is 5.82. The van der Waals surface area contributed by atoms with Gasteiger partial charge in [0.05, 0.1) is 17.0 Å². The third-order valence-corrected chi connectivity index (χ3v) is 14.1. The predicted molar refractivity (Wildman–Crippen MR) is 155 cm³/mol. The van der Waals surface area contributed by atoms with Crippen molar-refractivity contribution in [1.29, 1.82) is 0 Å². The van der Waals surface area contributed by atoms with E-state index in [1.165, 1.54) is 17.0 Å². The molecule has 0 unspecified atom stereocenters. The van der Waals surface area contributed by atoms with Crippen LogP contribution < -0.4 is 4.74 Å². The van der Waals surface area contributed by atoms with E-state index >= 15 is 0 Å². The van der Waals surface area contributed by atoms with Gasteiger partial charge in [-0.25, -0.2) is 0 Å². The Balaban J connectivity index is 0.000000245. The Morgan fingerprint density at radius 2 is 1.18 bits per heavy atom. The number of hydrogen-bond acceptors (Lipinski definition) is 1. The molecule has 0 heterocycles. The maximum absolute atomic E-state index is 5.82. The zero-order valence-corrected chi connectivity index (χ0v) is 25.1. The molecule has 3 aliphatic rings. The van der Waals surface area contributed by atoms with Gasteiger partial charge in [-0.05, 0) is 77.0 Å². The van der Waals surface area contributed by atoms with E-state index in [9.17, 15) is 0 Å². The molecule has 0 radical (unpaired) electrons. The van der Waals surface area contributed by atoms with Gasteiger partial charge >= 0.3 is 97.8 Å². The van der Waals surface area contributed by atoms with Crippen LogP contribution in [0.4, 0.5) is 0 Å². The molecule has 0 atom stereocenters. The molecule has 34 heavy (non-hydrogen) atoms. The molecule has 3 saturated carbocycles. The SMILES string of the molecule is C.C1CCC([PH+](C2CCCCC2)C2CCCCC2)CC1.CC(C)Oc1ccccc1[CH]=[Ru]([Cl])[Cl]. The summed E-state index contributed by atoms with van der Waals surface area (Å²) in [6.07, 6.45) is 24.0. The van der Waals surface area contributed by atoms with Crippen molar-refractivity contribution in [2.24, 2.45) is 0 Å². The average Bonchev–Trinajstić information content (AvgIpc) is 2.83. The molecule has 0 bridgehead atoms. The summed E-state index contributed by atoms with van der Waals surface area (Å²) < 4.78 is 7.51. The summed E-state index contributed by atoms with van der Waals surface area (Å²) in [5, 5.41) is 0. The molecule has 0 amide bonds. The number of benzene rings is 1. The van der Waals surface area contributed by atoms with Crippen LogP contribution in [0.3, 0.4) is 0 Å². The molecule has 198 valence electrons. The standard InChI is InChI=1S/C18H33P.C10H12O.CH4.2ClH.Ru/c1-4-10-16(11-5-1)19(17-12-6-2-7-13-17)18-14-8-3-9-15-18;1-8(2)11-10-7-5-4-6-9(10)3;;;;/h16-18H,1-15H2;3-8H,1-2H3;1H4;2*1H;/q;;;;;+2/p-1. The zero-order valence-electron chi connectivity index (χ0n) is 20.8. The monoisotopic (exact) mass is 617 g/mol. The Morgan fingerprint density at radius 3 is 1.56 bits per heavy atom. The number of rotatable bonds is 6. The van der Waals surface area contributed by atoms with Crippen molar-refractivity contribution >= 4 is 31.9 Å². The topological polar surface area (TPSA) is 9.23 Å². The van der Waals surface area contributed by atoms with Crippen LogP contribution in [-0.4, -0.2) is 27.7 Å². The van der Waals surface area contributed by atoms with Crippen molar-refractivity contribution < 1.29 is 18.3 Å². The molecule has 0 N–H and O–H groups in total. The molecule has 1 nitrogen and oxygen atoms in total. The van der Waals surface area contributed by atoms with Crippen molar-refractivity contribution in [2.75, 3.05) is 0 Å². The van der Waals surface area contributed by atoms with Gasteiger partial charge in [0.2, 0.25) is 0 Å². The zero-order chi connectivity index (χ0) is 23.5. The second kappa shape index (κ2) is 17.1. The van der Waals surface area contributed by atoms with Crippen LogP contribution >= 0.6 is 27.3 Å². The summed E-state index contributed by atoms with van der Waals surface area (Å²) in [6, 6.07) is 7.78. The van der Waals surface area contributed by atoms with Gasteiger partial charge in [0.15, 0.2) is 0 Å². The number of para-hydroxylation sites is 1. The fraction of sp³-hybridized carbons (Fsp3) is 0.759. The van der Waals surface area contributed by atoms with E-state index < -0.39 is 13.5 Å². The Kier molecular flexibility index (Phi) is 15.5. The Morgan fingerprint density at radius 1 is 0.765 bits per heavy atom. The summed E-state index contributed by atoms with van der Waals surface area (Å²) in [4.78, 5) is 0. The van der Waals surface area contributed by atoms with E-state index in [0.29, 0.717) is 0 Å². The molecular weight excluding hydrogens is 567 g/mol. The fourth-order valence-electron chi connectivity index (χ4n) is 6.32. The first-order valence-electron chi connectivity index (χ1n) is 13.5. The molecule has 0 saturated heterocycles. The van der Waals surface area contributed by atoms with Crippen molar-refractivity contribution in [1.82, 2.24) is 0 Å². The Labute approximate surface area is 225 Å². The third kappa shape index (κ3) is 10.5. The van der Waals surface area contributed by atoms with Crippen LogP contribution in [0.25, 0.3) is 0 Å². The minimum absolute atomic E-state index is 0. The van der Waals surface area contributed by atoms with Crippen LogP contribution in [0.1, 0.15) is 123 Å². The van der Waals surface area contributed by atoms with Crippen molar-refractivity contribution in [3.63, 3.8) is 0 Å². The van der Waals surface area contributed by atoms with E-state index in [1.54, 1.807) is 96.3 Å². The second-order valence-electron chi connectivity index (χ2n) is 10.5. The Hall–Kier alpha value is 0.523. The van der Waals surface area contributed by atoms with Gasteiger partial charge in [0, 0.05) is 7.92 Å². The molecule has 3 aliphatic carbocycles. The predicted octanol–water partition coefficient (Wildman–Crippen LogP) is 10.4. The molecule has 0 aromatic heterocycles. The molecule has 5 heteroatoms. The molecule has 0 aliphatic heterocycles. The van der Waals surface area contributed by atoms with E-state index in [4.69, 9.17) is 24.1 Å². The van der Waals surface area contributed by atoms with Crippen LogP contribution in [0.2, 0.25) is 0 Å². The first kappa shape index (κ1) is 30.7. The molecule has 1 aromatic carbocycles. The number of ether oxygens (including phenoxy) is 1. The van der Waals surface area contributed by atoms with E-state index in [1.807, 2.05) is 42.7 Å². The molecule has 4 rings (SSSR count). The summed E-state index contributed by atoms with van der Waals surface area (Å²) in [5.41, 5.74) is 4.67. The molecule has 1 aromatic rings. The van der Waals surface area contributed by atoms with Gasteiger partial charge in [-0.2, -0.15) is 0 Å². The van der Waals surface area contributed by atoms with Gasteiger partial charge in [-0.1, -0.05) is 26.7 Å². The van der Waals surface area contributed by atoms with Crippen LogP contribution in [-0.2, 0) is 13.5 Å². The Bertz CT molecular complexity index is 661. The van der Waals surface area contributed by atoms with E-state index in [0.717, 1.165) is 11.3 Å². The van der Waals surface area contributed by atoms with Gasteiger partial charge in [-0.3, -0.25) is 0 Å². The van der Waals surface area contributed by atoms with Crippen molar-refractivity contribution in [2.45, 2.75) is 141 Å². The number of hydrogen-bond donors (Lipinski definition) is 0. The first-order valence-corrected chi connectivity index (χ1v) is 20.7. The average molecular weight is 618 g/mol. The second-order valence-corrected chi connectivity index (χ2v) is 19.7.